The molecule has 12 heteroatoms. The molecule has 0 bridgehead atoms. The number of piperidine rings is 1. The van der Waals surface area contributed by atoms with Crippen LogP contribution < -0.4 is 0 Å². The maximum absolute atomic E-state index is 14.6. The quantitative estimate of drug-likeness (QED) is 0.167. The van der Waals surface area contributed by atoms with Crippen molar-refractivity contribution in [3.05, 3.63) is 58.7 Å². The summed E-state index contributed by atoms with van der Waals surface area (Å²) in [5, 5.41) is 0. The molecule has 0 aromatic heterocycles. The van der Waals surface area contributed by atoms with Crippen molar-refractivity contribution in [3.8, 4) is 0 Å². The van der Waals surface area contributed by atoms with Gasteiger partial charge in [-0.3, -0.25) is 0 Å². The Kier molecular flexibility index (Phi) is 8.53. The monoisotopic (exact) mass is 595 g/mol. The highest BCUT2D eigenvalue weighted by atomic mass is 35.7. The Bertz CT molecular complexity index is 1370. The van der Waals surface area contributed by atoms with E-state index in [2.05, 4.69) is 31.2 Å². The normalized spacial score (nSPS) is 19.8. The summed E-state index contributed by atoms with van der Waals surface area (Å²) in [5.74, 6) is -9.31. The number of rotatable bonds is 6. The van der Waals surface area contributed by atoms with E-state index in [4.69, 9.17) is 10.7 Å². The van der Waals surface area contributed by atoms with E-state index in [0.717, 1.165) is 9.87 Å². The molecular weight excluding hydrogens is 566 g/mol. The Hall–Kier alpha value is -1.69. The molecule has 0 radical (unpaired) electrons. The van der Waals surface area contributed by atoms with Gasteiger partial charge in [-0.2, -0.15) is 4.31 Å². The lowest BCUT2D eigenvalue weighted by Gasteiger charge is -2.32. The predicted octanol–water partition coefficient (Wildman–Crippen LogP) is 6.43. The van der Waals surface area contributed by atoms with Crippen LogP contribution in [0.2, 0.25) is 0 Å². The van der Waals surface area contributed by atoms with E-state index < -0.39 is 52.1 Å². The zero-order valence-electron chi connectivity index (χ0n) is 21.0. The van der Waals surface area contributed by atoms with E-state index in [9.17, 15) is 34.4 Å². The van der Waals surface area contributed by atoms with Crippen molar-refractivity contribution in [3.63, 3.8) is 0 Å². The van der Waals surface area contributed by atoms with Crippen molar-refractivity contribution in [1.82, 2.24) is 4.31 Å². The third-order valence-electron chi connectivity index (χ3n) is 7.98. The molecule has 1 saturated carbocycles. The summed E-state index contributed by atoms with van der Waals surface area (Å²) in [5.41, 5.74) is 2.59. The van der Waals surface area contributed by atoms with Gasteiger partial charge in [-0.1, -0.05) is 56.9 Å². The standard InChI is InChI=1S/C26H30ClF4NO4S2/c1-26(12-4-2-3-5-13-26)19-8-6-17(7-9-19)16-18-10-14-32(15-11-18)38(35,36)25-22(30)20(28)24(37(27,33)34)21(29)23(25)31/h6-9,18H,2-5,10-16H2,1H3. The second kappa shape index (κ2) is 11.1. The first-order valence-corrected chi connectivity index (χ1v) is 16.4. The van der Waals surface area contributed by atoms with Gasteiger partial charge in [-0.15, -0.1) is 0 Å². The van der Waals surface area contributed by atoms with Crippen molar-refractivity contribution < 1.29 is 34.4 Å². The molecular formula is C26H30ClF4NO4S2. The Morgan fingerprint density at radius 3 is 1.76 bits per heavy atom. The highest BCUT2D eigenvalue weighted by molar-refractivity contribution is 8.13. The van der Waals surface area contributed by atoms with E-state index in [1.807, 2.05) is 0 Å². The highest BCUT2D eigenvalue weighted by Gasteiger charge is 2.40. The maximum Gasteiger partial charge on any atom is 0.267 e. The summed E-state index contributed by atoms with van der Waals surface area (Å²) >= 11 is 0. The van der Waals surface area contributed by atoms with Gasteiger partial charge in [0.1, 0.15) is 0 Å². The number of sulfonamides is 1. The smallest absolute Gasteiger partial charge is 0.207 e. The summed E-state index contributed by atoms with van der Waals surface area (Å²) < 4.78 is 107. The van der Waals surface area contributed by atoms with Gasteiger partial charge in [0.15, 0.2) is 33.1 Å². The van der Waals surface area contributed by atoms with E-state index in [1.165, 1.54) is 44.1 Å². The summed E-state index contributed by atoms with van der Waals surface area (Å²) in [6.07, 6.45) is 8.77. The molecule has 1 saturated heterocycles. The van der Waals surface area contributed by atoms with Gasteiger partial charge in [-0.25, -0.2) is 34.4 Å². The topological polar surface area (TPSA) is 71.5 Å². The zero-order valence-corrected chi connectivity index (χ0v) is 23.3. The Balaban J connectivity index is 1.45. The maximum atomic E-state index is 14.6. The molecule has 5 nitrogen and oxygen atoms in total. The predicted molar refractivity (Wildman–Crippen MR) is 136 cm³/mol. The van der Waals surface area contributed by atoms with E-state index >= 15 is 0 Å². The summed E-state index contributed by atoms with van der Waals surface area (Å²) in [6.45, 7) is 2.09. The Labute approximate surface area is 225 Å². The zero-order chi connectivity index (χ0) is 27.9. The van der Waals surface area contributed by atoms with Crippen molar-refractivity contribution in [1.29, 1.82) is 0 Å². The second-order valence-corrected chi connectivity index (χ2v) is 15.0. The van der Waals surface area contributed by atoms with E-state index in [0.29, 0.717) is 19.3 Å². The van der Waals surface area contributed by atoms with Crippen LogP contribution in [0.4, 0.5) is 17.6 Å². The van der Waals surface area contributed by atoms with Gasteiger partial charge in [0.2, 0.25) is 10.0 Å². The number of hydrogen-bond donors (Lipinski definition) is 0. The van der Waals surface area contributed by atoms with Crippen LogP contribution in [0, 0.1) is 29.2 Å². The molecule has 2 aromatic carbocycles. The fourth-order valence-electron chi connectivity index (χ4n) is 5.69. The van der Waals surface area contributed by atoms with Gasteiger partial charge >= 0.3 is 0 Å². The van der Waals surface area contributed by atoms with Crippen molar-refractivity contribution in [2.75, 3.05) is 13.1 Å². The SMILES string of the molecule is CC1(c2ccc(CC3CCN(S(=O)(=O)c4c(F)c(F)c(S(=O)(=O)Cl)c(F)c4F)CC3)cc2)CCCCCC1. The molecule has 2 fully saturated rings. The molecule has 0 N–H and O–H groups in total. The molecule has 1 aliphatic heterocycles. The molecule has 0 atom stereocenters. The molecule has 0 spiro atoms. The van der Waals surface area contributed by atoms with Gasteiger partial charge in [-0.05, 0) is 54.6 Å². The van der Waals surface area contributed by atoms with Gasteiger partial charge < -0.3 is 0 Å². The first kappa shape index (κ1) is 29.3. The summed E-state index contributed by atoms with van der Waals surface area (Å²) in [6, 6.07) is 8.52. The molecule has 4 rings (SSSR count). The van der Waals surface area contributed by atoms with Crippen LogP contribution in [0.5, 0.6) is 0 Å². The van der Waals surface area contributed by atoms with E-state index in [-0.39, 0.29) is 24.4 Å². The molecule has 1 heterocycles. The Morgan fingerprint density at radius 2 is 1.29 bits per heavy atom. The summed E-state index contributed by atoms with van der Waals surface area (Å²) in [7, 11) is -5.33. The number of hydrogen-bond acceptors (Lipinski definition) is 4. The van der Waals surface area contributed by atoms with Crippen molar-refractivity contribution in [2.45, 2.75) is 79.9 Å². The second-order valence-electron chi connectivity index (χ2n) is 10.6. The lowest BCUT2D eigenvalue weighted by molar-refractivity contribution is 0.270. The van der Waals surface area contributed by atoms with Crippen molar-refractivity contribution >= 4 is 29.8 Å². The van der Waals surface area contributed by atoms with Crippen LogP contribution in [0.25, 0.3) is 0 Å². The minimum absolute atomic E-state index is 0.104. The van der Waals surface area contributed by atoms with Gasteiger partial charge in [0.25, 0.3) is 9.05 Å². The molecule has 1 aliphatic carbocycles. The van der Waals surface area contributed by atoms with Crippen LogP contribution in [0.3, 0.4) is 0 Å². The molecule has 2 aromatic rings. The number of benzene rings is 2. The lowest BCUT2D eigenvalue weighted by Crippen LogP contribution is -2.40. The summed E-state index contributed by atoms with van der Waals surface area (Å²) in [4.78, 5) is -3.93. The van der Waals surface area contributed by atoms with Crippen LogP contribution in [0.1, 0.15) is 69.4 Å². The number of halogens is 5. The highest BCUT2D eigenvalue weighted by Crippen LogP contribution is 2.38. The van der Waals surface area contributed by atoms with Gasteiger partial charge in [0.05, 0.1) is 0 Å². The van der Waals surface area contributed by atoms with Crippen LogP contribution in [-0.2, 0) is 30.9 Å². The minimum Gasteiger partial charge on any atom is -0.207 e. The molecule has 210 valence electrons. The lowest BCUT2D eigenvalue weighted by atomic mass is 9.76. The fraction of sp³-hybridized carbons (Fsp3) is 0.538. The molecule has 38 heavy (non-hydrogen) atoms. The first-order chi connectivity index (χ1) is 17.8. The fourth-order valence-corrected chi connectivity index (χ4v) is 8.28. The third-order valence-corrected chi connectivity index (χ3v) is 11.2. The largest absolute Gasteiger partial charge is 0.267 e. The van der Waals surface area contributed by atoms with Crippen LogP contribution in [0.15, 0.2) is 34.1 Å². The molecule has 0 amide bonds. The number of nitrogens with zero attached hydrogens (tertiary/aromatic N) is 1. The van der Waals surface area contributed by atoms with Crippen LogP contribution >= 0.6 is 10.7 Å². The van der Waals surface area contributed by atoms with Gasteiger partial charge in [0, 0.05) is 23.8 Å². The van der Waals surface area contributed by atoms with E-state index in [1.54, 1.807) is 0 Å². The Morgan fingerprint density at radius 1 is 0.816 bits per heavy atom. The minimum atomic E-state index is -5.21. The first-order valence-electron chi connectivity index (χ1n) is 12.7. The molecule has 2 aliphatic rings. The van der Waals surface area contributed by atoms with Crippen molar-refractivity contribution in [2.24, 2.45) is 5.92 Å². The average Bonchev–Trinajstić information content (AvgIpc) is 3.08. The average molecular weight is 596 g/mol. The molecule has 0 unspecified atom stereocenters. The van der Waals surface area contributed by atoms with Crippen LogP contribution in [-0.4, -0.2) is 34.2 Å². The third kappa shape index (κ3) is 5.76.